The molecule has 1 saturated carbocycles. The second kappa shape index (κ2) is 5.49. The Hall–Kier alpha value is -0.410. The maximum Gasteiger partial charge on any atom is 0.124 e. The van der Waals surface area contributed by atoms with Crippen LogP contribution in [0.1, 0.15) is 31.7 Å². The number of hydrogen-bond donors (Lipinski definition) is 1. The highest BCUT2D eigenvalue weighted by Crippen LogP contribution is 2.34. The SMILES string of the molecule is CC1CCCC1C(N)Cc1cc(F)cc(Br)c1. The van der Waals surface area contributed by atoms with E-state index in [1.165, 1.54) is 25.3 Å². The molecule has 0 amide bonds. The van der Waals surface area contributed by atoms with Gasteiger partial charge < -0.3 is 5.73 Å². The van der Waals surface area contributed by atoms with Crippen LogP contribution in [-0.4, -0.2) is 6.04 Å². The lowest BCUT2D eigenvalue weighted by Gasteiger charge is -2.23. The Morgan fingerprint density at radius 2 is 2.18 bits per heavy atom. The molecule has 1 aromatic carbocycles. The fourth-order valence-electron chi connectivity index (χ4n) is 2.96. The molecule has 0 spiro atoms. The predicted molar refractivity (Wildman–Crippen MR) is 72.3 cm³/mol. The molecular formula is C14H19BrFN. The minimum atomic E-state index is -0.193. The van der Waals surface area contributed by atoms with Crippen LogP contribution in [0.4, 0.5) is 4.39 Å². The van der Waals surface area contributed by atoms with E-state index in [0.29, 0.717) is 11.8 Å². The smallest absolute Gasteiger partial charge is 0.124 e. The van der Waals surface area contributed by atoms with Crippen molar-refractivity contribution in [3.63, 3.8) is 0 Å². The van der Waals surface area contributed by atoms with Crippen molar-refractivity contribution in [2.75, 3.05) is 0 Å². The van der Waals surface area contributed by atoms with E-state index in [9.17, 15) is 4.39 Å². The summed E-state index contributed by atoms with van der Waals surface area (Å²) in [5.74, 6) is 1.11. The molecule has 1 aromatic rings. The molecule has 17 heavy (non-hydrogen) atoms. The molecule has 1 fully saturated rings. The van der Waals surface area contributed by atoms with Crippen molar-refractivity contribution >= 4 is 15.9 Å². The van der Waals surface area contributed by atoms with E-state index >= 15 is 0 Å². The predicted octanol–water partition coefficient (Wildman–Crippen LogP) is 3.89. The topological polar surface area (TPSA) is 26.0 Å². The molecule has 0 saturated heterocycles. The van der Waals surface area contributed by atoms with Crippen LogP contribution in [0.25, 0.3) is 0 Å². The maximum absolute atomic E-state index is 13.3. The molecule has 2 rings (SSSR count). The molecule has 1 nitrogen and oxygen atoms in total. The number of benzene rings is 1. The quantitative estimate of drug-likeness (QED) is 0.900. The molecular weight excluding hydrogens is 281 g/mol. The van der Waals surface area contributed by atoms with Gasteiger partial charge in [-0.1, -0.05) is 35.7 Å². The van der Waals surface area contributed by atoms with Crippen molar-refractivity contribution in [1.82, 2.24) is 0 Å². The van der Waals surface area contributed by atoms with Gasteiger partial charge in [-0.2, -0.15) is 0 Å². The first-order valence-corrected chi connectivity index (χ1v) is 7.06. The minimum absolute atomic E-state index is 0.154. The highest BCUT2D eigenvalue weighted by Gasteiger charge is 2.28. The maximum atomic E-state index is 13.3. The normalized spacial score (nSPS) is 26.1. The van der Waals surface area contributed by atoms with E-state index in [2.05, 4.69) is 22.9 Å². The second-order valence-electron chi connectivity index (χ2n) is 5.22. The molecule has 94 valence electrons. The molecule has 2 N–H and O–H groups in total. The third-order valence-electron chi connectivity index (χ3n) is 3.87. The van der Waals surface area contributed by atoms with Gasteiger partial charge in [0.05, 0.1) is 0 Å². The van der Waals surface area contributed by atoms with Crippen molar-refractivity contribution in [3.8, 4) is 0 Å². The second-order valence-corrected chi connectivity index (χ2v) is 6.13. The van der Waals surface area contributed by atoms with Gasteiger partial charge in [0.15, 0.2) is 0 Å². The lowest BCUT2D eigenvalue weighted by molar-refractivity contribution is 0.343. The molecule has 3 heteroatoms. The van der Waals surface area contributed by atoms with Gasteiger partial charge in [0.1, 0.15) is 5.82 Å². The molecule has 0 aromatic heterocycles. The lowest BCUT2D eigenvalue weighted by atomic mass is 9.87. The fraction of sp³-hybridized carbons (Fsp3) is 0.571. The summed E-state index contributed by atoms with van der Waals surface area (Å²) in [5.41, 5.74) is 7.25. The summed E-state index contributed by atoms with van der Waals surface area (Å²) >= 11 is 3.32. The van der Waals surface area contributed by atoms with Gasteiger partial charge >= 0.3 is 0 Å². The van der Waals surface area contributed by atoms with Gasteiger partial charge in [-0.05, 0) is 48.4 Å². The number of rotatable bonds is 3. The molecule has 3 unspecified atom stereocenters. The van der Waals surface area contributed by atoms with Gasteiger partial charge in [0.2, 0.25) is 0 Å². The van der Waals surface area contributed by atoms with E-state index in [4.69, 9.17) is 5.73 Å². The average Bonchev–Trinajstić information content (AvgIpc) is 2.62. The number of halogens is 2. The lowest BCUT2D eigenvalue weighted by Crippen LogP contribution is -2.33. The summed E-state index contributed by atoms with van der Waals surface area (Å²) in [6.45, 7) is 2.28. The molecule has 3 atom stereocenters. The van der Waals surface area contributed by atoms with Crippen LogP contribution in [0.5, 0.6) is 0 Å². The van der Waals surface area contributed by atoms with E-state index in [0.717, 1.165) is 16.5 Å². The first-order chi connectivity index (χ1) is 8.06. The summed E-state index contributed by atoms with van der Waals surface area (Å²) in [4.78, 5) is 0. The third kappa shape index (κ3) is 3.29. The third-order valence-corrected chi connectivity index (χ3v) is 4.33. The first kappa shape index (κ1) is 13.0. The molecule has 0 aliphatic heterocycles. The zero-order valence-electron chi connectivity index (χ0n) is 10.1. The van der Waals surface area contributed by atoms with Crippen LogP contribution in [0.2, 0.25) is 0 Å². The zero-order chi connectivity index (χ0) is 12.4. The van der Waals surface area contributed by atoms with Crippen LogP contribution < -0.4 is 5.73 Å². The minimum Gasteiger partial charge on any atom is -0.327 e. The number of hydrogen-bond acceptors (Lipinski definition) is 1. The molecule has 0 radical (unpaired) electrons. The summed E-state index contributed by atoms with van der Waals surface area (Å²) in [6.07, 6.45) is 4.56. The van der Waals surface area contributed by atoms with E-state index in [1.54, 1.807) is 6.07 Å². The Balaban J connectivity index is 2.04. The highest BCUT2D eigenvalue weighted by molar-refractivity contribution is 9.10. The van der Waals surface area contributed by atoms with Crippen molar-refractivity contribution in [1.29, 1.82) is 0 Å². The Labute approximate surface area is 111 Å². The molecule has 1 aliphatic carbocycles. The van der Waals surface area contributed by atoms with Crippen LogP contribution in [0.15, 0.2) is 22.7 Å². The highest BCUT2D eigenvalue weighted by atomic mass is 79.9. The largest absolute Gasteiger partial charge is 0.327 e. The summed E-state index contributed by atoms with van der Waals surface area (Å²) < 4.78 is 14.1. The van der Waals surface area contributed by atoms with Crippen molar-refractivity contribution in [2.45, 2.75) is 38.6 Å². The van der Waals surface area contributed by atoms with Crippen LogP contribution in [-0.2, 0) is 6.42 Å². The Bertz CT molecular complexity index is 374. The van der Waals surface area contributed by atoms with E-state index < -0.39 is 0 Å². The standard InChI is InChI=1S/C14H19BrFN/c1-9-3-2-4-13(9)14(17)7-10-5-11(15)8-12(16)6-10/h5-6,8-9,13-14H,2-4,7,17H2,1H3. The first-order valence-electron chi connectivity index (χ1n) is 6.27. The van der Waals surface area contributed by atoms with Crippen molar-refractivity contribution in [3.05, 3.63) is 34.1 Å². The monoisotopic (exact) mass is 299 g/mol. The Morgan fingerprint density at radius 3 is 2.76 bits per heavy atom. The average molecular weight is 300 g/mol. The van der Waals surface area contributed by atoms with Crippen molar-refractivity contribution in [2.24, 2.45) is 17.6 Å². The van der Waals surface area contributed by atoms with Crippen LogP contribution in [0.3, 0.4) is 0 Å². The number of nitrogens with two attached hydrogens (primary N) is 1. The molecule has 0 heterocycles. The zero-order valence-corrected chi connectivity index (χ0v) is 11.7. The fourth-order valence-corrected chi connectivity index (χ4v) is 3.48. The Morgan fingerprint density at radius 1 is 1.41 bits per heavy atom. The molecule has 1 aliphatic rings. The van der Waals surface area contributed by atoms with Gasteiger partial charge in [-0.3, -0.25) is 0 Å². The van der Waals surface area contributed by atoms with Crippen LogP contribution in [0, 0.1) is 17.7 Å². The summed E-state index contributed by atoms with van der Waals surface area (Å²) in [6, 6.07) is 5.18. The Kier molecular flexibility index (Phi) is 4.21. The molecule has 0 bridgehead atoms. The summed E-state index contributed by atoms with van der Waals surface area (Å²) in [5, 5.41) is 0. The van der Waals surface area contributed by atoms with Crippen molar-refractivity contribution < 1.29 is 4.39 Å². The van der Waals surface area contributed by atoms with Crippen LogP contribution >= 0.6 is 15.9 Å². The van der Waals surface area contributed by atoms with E-state index in [-0.39, 0.29) is 11.9 Å². The van der Waals surface area contributed by atoms with E-state index in [1.807, 2.05) is 6.07 Å². The van der Waals surface area contributed by atoms with Gasteiger partial charge in [-0.25, -0.2) is 4.39 Å². The van der Waals surface area contributed by atoms with Gasteiger partial charge in [-0.15, -0.1) is 0 Å². The van der Waals surface area contributed by atoms with Gasteiger partial charge in [0.25, 0.3) is 0 Å². The summed E-state index contributed by atoms with van der Waals surface area (Å²) in [7, 11) is 0. The van der Waals surface area contributed by atoms with Gasteiger partial charge in [0, 0.05) is 10.5 Å².